The van der Waals surface area contributed by atoms with Crippen LogP contribution in [0.1, 0.15) is 233 Å². The molecule has 280 valence electrons. The van der Waals surface area contributed by atoms with E-state index in [1.54, 1.807) is 0 Å². The summed E-state index contributed by atoms with van der Waals surface area (Å²) in [4.78, 5) is 24.5. The van der Waals surface area contributed by atoms with Gasteiger partial charge < -0.3 is 14.8 Å². The van der Waals surface area contributed by atoms with Gasteiger partial charge in [-0.3, -0.25) is 9.59 Å². The maximum Gasteiger partial charge on any atom is 0.306 e. The molecule has 0 radical (unpaired) electrons. The van der Waals surface area contributed by atoms with E-state index in [4.69, 9.17) is 9.47 Å². The fourth-order valence-electron chi connectivity index (χ4n) is 6.35. The number of esters is 2. The van der Waals surface area contributed by atoms with Crippen molar-refractivity contribution < 1.29 is 19.1 Å². The van der Waals surface area contributed by atoms with Gasteiger partial charge in [0, 0.05) is 12.8 Å². The predicted octanol–water partition coefficient (Wildman–Crippen LogP) is 13.0. The first kappa shape index (κ1) is 45.9. The summed E-state index contributed by atoms with van der Waals surface area (Å²) in [5, 5.41) is 3.55. The second-order valence-electron chi connectivity index (χ2n) is 14.4. The number of ether oxygens (including phenoxy) is 2. The van der Waals surface area contributed by atoms with Gasteiger partial charge in [0.25, 0.3) is 0 Å². The van der Waals surface area contributed by atoms with Crippen LogP contribution in [-0.4, -0.2) is 37.7 Å². The van der Waals surface area contributed by atoms with Crippen LogP contribution in [0.2, 0.25) is 0 Å². The first-order chi connectivity index (χ1) is 23.1. The Morgan fingerprint density at radius 1 is 0.426 bits per heavy atom. The lowest BCUT2D eigenvalue weighted by Gasteiger charge is -2.18. The minimum Gasteiger partial charge on any atom is -0.466 e. The molecule has 0 heterocycles. The molecule has 0 saturated carbocycles. The van der Waals surface area contributed by atoms with Crippen LogP contribution in [0.25, 0.3) is 0 Å². The summed E-state index contributed by atoms with van der Waals surface area (Å²) in [7, 11) is 0. The maximum absolute atomic E-state index is 12.6. The third-order valence-electron chi connectivity index (χ3n) is 9.54. The standard InChI is InChI=1S/C42H83NO4/c1-4-7-10-13-16-17-18-22-28-35-41(44)46-39-32-25-31-38-43-37-30-24-19-23-29-36-42(45)47-40(33-26-20-14-11-8-5-2)34-27-21-15-12-9-6-3/h40,43H,4-39H2,1-3H3. The van der Waals surface area contributed by atoms with Crippen LogP contribution in [0.3, 0.4) is 0 Å². The Labute approximate surface area is 294 Å². The largest absolute Gasteiger partial charge is 0.466 e. The molecule has 0 aliphatic heterocycles. The SMILES string of the molecule is CCCCCCCCCCCC(=O)OCCCCCNCCCCCCCC(=O)OC(CCCCCCCC)CCCCCCCC. The molecule has 1 N–H and O–H groups in total. The van der Waals surface area contributed by atoms with Gasteiger partial charge in [-0.1, -0.05) is 156 Å². The lowest BCUT2D eigenvalue weighted by atomic mass is 10.0. The van der Waals surface area contributed by atoms with Crippen molar-refractivity contribution in [3.63, 3.8) is 0 Å². The average Bonchev–Trinajstić information content (AvgIpc) is 3.07. The molecule has 0 atom stereocenters. The third kappa shape index (κ3) is 37.6. The van der Waals surface area contributed by atoms with Crippen molar-refractivity contribution in [2.24, 2.45) is 0 Å². The Hall–Kier alpha value is -1.10. The number of carbonyl (C=O) groups excluding carboxylic acids is 2. The first-order valence-electron chi connectivity index (χ1n) is 21.2. The Morgan fingerprint density at radius 3 is 1.26 bits per heavy atom. The third-order valence-corrected chi connectivity index (χ3v) is 9.54. The molecule has 5 nitrogen and oxygen atoms in total. The van der Waals surface area contributed by atoms with E-state index in [9.17, 15) is 9.59 Å². The highest BCUT2D eigenvalue weighted by molar-refractivity contribution is 5.69. The minimum atomic E-state index is -0.0147. The minimum absolute atomic E-state index is 0.0147. The number of unbranched alkanes of at least 4 members (excludes halogenated alkanes) is 24. The van der Waals surface area contributed by atoms with E-state index in [2.05, 4.69) is 26.1 Å². The lowest BCUT2D eigenvalue weighted by molar-refractivity contribution is -0.150. The van der Waals surface area contributed by atoms with Crippen molar-refractivity contribution >= 4 is 11.9 Å². The van der Waals surface area contributed by atoms with Gasteiger partial charge in [-0.15, -0.1) is 0 Å². The monoisotopic (exact) mass is 666 g/mol. The molecule has 5 heteroatoms. The average molecular weight is 666 g/mol. The number of rotatable bonds is 39. The molecule has 0 unspecified atom stereocenters. The molecule has 47 heavy (non-hydrogen) atoms. The lowest BCUT2D eigenvalue weighted by Crippen LogP contribution is -2.18. The van der Waals surface area contributed by atoms with E-state index in [1.165, 1.54) is 141 Å². The molecule has 0 aliphatic carbocycles. The highest BCUT2D eigenvalue weighted by atomic mass is 16.5. The highest BCUT2D eigenvalue weighted by Gasteiger charge is 2.14. The van der Waals surface area contributed by atoms with Crippen LogP contribution in [0.15, 0.2) is 0 Å². The smallest absolute Gasteiger partial charge is 0.306 e. The summed E-state index contributed by atoms with van der Waals surface area (Å²) < 4.78 is 11.4. The van der Waals surface area contributed by atoms with Gasteiger partial charge in [0.2, 0.25) is 0 Å². The predicted molar refractivity (Wildman–Crippen MR) is 203 cm³/mol. The van der Waals surface area contributed by atoms with Crippen LogP contribution in [0, 0.1) is 0 Å². The molecular weight excluding hydrogens is 582 g/mol. The van der Waals surface area contributed by atoms with Crippen molar-refractivity contribution in [3.8, 4) is 0 Å². The molecule has 0 aromatic heterocycles. The zero-order valence-corrected chi connectivity index (χ0v) is 32.2. The van der Waals surface area contributed by atoms with Crippen LogP contribution in [-0.2, 0) is 19.1 Å². The summed E-state index contributed by atoms with van der Waals surface area (Å²) in [6, 6.07) is 0. The number of carbonyl (C=O) groups is 2. The van der Waals surface area contributed by atoms with Crippen LogP contribution < -0.4 is 5.32 Å². The van der Waals surface area contributed by atoms with Gasteiger partial charge >= 0.3 is 11.9 Å². The van der Waals surface area contributed by atoms with Gasteiger partial charge in [-0.2, -0.15) is 0 Å². The van der Waals surface area contributed by atoms with Crippen molar-refractivity contribution in [1.82, 2.24) is 5.32 Å². The zero-order chi connectivity index (χ0) is 34.3. The molecule has 0 rings (SSSR count). The molecule has 0 spiro atoms. The Bertz CT molecular complexity index is 624. The number of hydrogen-bond donors (Lipinski definition) is 1. The van der Waals surface area contributed by atoms with E-state index >= 15 is 0 Å². The molecular formula is C42H83NO4. The summed E-state index contributed by atoms with van der Waals surface area (Å²) in [5.74, 6) is 0.0151. The van der Waals surface area contributed by atoms with Crippen molar-refractivity contribution in [3.05, 3.63) is 0 Å². The van der Waals surface area contributed by atoms with Gasteiger partial charge in [-0.25, -0.2) is 0 Å². The molecule has 0 fully saturated rings. The topological polar surface area (TPSA) is 64.6 Å². The highest BCUT2D eigenvalue weighted by Crippen LogP contribution is 2.18. The van der Waals surface area contributed by atoms with E-state index in [0.29, 0.717) is 19.4 Å². The fourth-order valence-corrected chi connectivity index (χ4v) is 6.35. The fraction of sp³-hybridized carbons (Fsp3) is 0.952. The maximum atomic E-state index is 12.6. The van der Waals surface area contributed by atoms with Crippen LogP contribution in [0.5, 0.6) is 0 Å². The van der Waals surface area contributed by atoms with E-state index in [0.717, 1.165) is 70.9 Å². The van der Waals surface area contributed by atoms with Crippen LogP contribution >= 0.6 is 0 Å². The zero-order valence-electron chi connectivity index (χ0n) is 32.2. The second-order valence-corrected chi connectivity index (χ2v) is 14.4. The Balaban J connectivity index is 3.64. The van der Waals surface area contributed by atoms with E-state index in [-0.39, 0.29) is 18.0 Å². The molecule has 0 amide bonds. The van der Waals surface area contributed by atoms with E-state index < -0.39 is 0 Å². The molecule has 0 bridgehead atoms. The van der Waals surface area contributed by atoms with Crippen molar-refractivity contribution in [2.45, 2.75) is 239 Å². The van der Waals surface area contributed by atoms with Crippen molar-refractivity contribution in [1.29, 1.82) is 0 Å². The van der Waals surface area contributed by atoms with Crippen molar-refractivity contribution in [2.75, 3.05) is 19.7 Å². The normalized spacial score (nSPS) is 11.4. The summed E-state index contributed by atoms with van der Waals surface area (Å²) in [5.41, 5.74) is 0. The van der Waals surface area contributed by atoms with Crippen LogP contribution in [0.4, 0.5) is 0 Å². The summed E-state index contributed by atoms with van der Waals surface area (Å²) >= 11 is 0. The van der Waals surface area contributed by atoms with Gasteiger partial charge in [-0.05, 0) is 77.3 Å². The summed E-state index contributed by atoms with van der Waals surface area (Å²) in [6.07, 6.45) is 39.2. The van der Waals surface area contributed by atoms with Gasteiger partial charge in [0.1, 0.15) is 6.10 Å². The van der Waals surface area contributed by atoms with E-state index in [1.807, 2.05) is 0 Å². The first-order valence-corrected chi connectivity index (χ1v) is 21.2. The Morgan fingerprint density at radius 2 is 0.787 bits per heavy atom. The number of nitrogens with one attached hydrogen (secondary N) is 1. The van der Waals surface area contributed by atoms with Gasteiger partial charge in [0.15, 0.2) is 0 Å². The Kier molecular flexibility index (Phi) is 38.4. The molecule has 0 aliphatic rings. The number of hydrogen-bond acceptors (Lipinski definition) is 5. The summed E-state index contributed by atoms with van der Waals surface area (Å²) in [6.45, 7) is 9.46. The second kappa shape index (κ2) is 39.3. The quantitative estimate of drug-likeness (QED) is 0.0523. The molecule has 0 saturated heterocycles. The van der Waals surface area contributed by atoms with Gasteiger partial charge in [0.05, 0.1) is 6.61 Å². The molecule has 0 aromatic carbocycles. The molecule has 0 aromatic rings.